The summed E-state index contributed by atoms with van der Waals surface area (Å²) in [4.78, 5) is 0. The van der Waals surface area contributed by atoms with Crippen molar-refractivity contribution in [1.29, 1.82) is 0 Å². The van der Waals surface area contributed by atoms with E-state index in [4.69, 9.17) is 18.1 Å². The molecule has 2 saturated heterocycles. The van der Waals surface area contributed by atoms with Gasteiger partial charge in [-0.2, -0.15) is 0 Å². The molecule has 8 rings (SSSR count). The van der Waals surface area contributed by atoms with Crippen molar-refractivity contribution < 1.29 is 27.2 Å². The first-order valence-corrected chi connectivity index (χ1v) is 17.9. The maximum absolute atomic E-state index is 13.6. The van der Waals surface area contributed by atoms with Crippen molar-refractivity contribution in [3.63, 3.8) is 0 Å². The zero-order valence-corrected chi connectivity index (χ0v) is 25.3. The van der Waals surface area contributed by atoms with Crippen molar-refractivity contribution in [2.24, 2.45) is 5.41 Å². The number of benzene rings is 6. The van der Waals surface area contributed by atoms with Gasteiger partial charge >= 0.3 is 15.2 Å². The van der Waals surface area contributed by atoms with E-state index in [0.29, 0.717) is 0 Å². The quantitative estimate of drug-likeness (QED) is 0.147. The van der Waals surface area contributed by atoms with Gasteiger partial charge in [-0.15, -0.1) is 0 Å². The second-order valence-electron chi connectivity index (χ2n) is 11.9. The Bertz CT molecular complexity index is 1960. The van der Waals surface area contributed by atoms with Crippen LogP contribution < -0.4 is 0 Å². The van der Waals surface area contributed by atoms with Gasteiger partial charge in [0.05, 0.1) is 44.2 Å². The Kier molecular flexibility index (Phi) is 6.58. The zero-order chi connectivity index (χ0) is 29.1. The lowest BCUT2D eigenvalue weighted by Gasteiger charge is -2.43. The van der Waals surface area contributed by atoms with E-state index in [0.717, 1.165) is 43.4 Å². The number of rotatable bonds is 4. The maximum Gasteiger partial charge on any atom is 0.335 e. The van der Waals surface area contributed by atoms with Gasteiger partial charge in [0.25, 0.3) is 0 Å². The molecule has 6 aromatic carbocycles. The van der Waals surface area contributed by atoms with Gasteiger partial charge < -0.3 is 18.1 Å². The normalized spacial score (nSPS) is 26.0. The van der Waals surface area contributed by atoms with Crippen molar-refractivity contribution >= 4 is 58.3 Å². The molecule has 216 valence electrons. The molecule has 0 saturated carbocycles. The predicted molar refractivity (Wildman–Crippen MR) is 172 cm³/mol. The van der Waals surface area contributed by atoms with Crippen LogP contribution in [-0.2, 0) is 39.5 Å². The molecule has 43 heavy (non-hydrogen) atoms. The van der Waals surface area contributed by atoms with E-state index in [-0.39, 0.29) is 38.8 Å². The van der Waals surface area contributed by atoms with Gasteiger partial charge in [-0.25, -0.2) is 0 Å². The average Bonchev–Trinajstić information content (AvgIpc) is 3.02. The molecule has 2 aliphatic heterocycles. The Labute approximate surface area is 249 Å². The molecule has 0 aliphatic carbocycles. The Morgan fingerprint density at radius 1 is 0.442 bits per heavy atom. The van der Waals surface area contributed by atoms with Crippen LogP contribution in [0.4, 0.5) is 0 Å². The lowest BCUT2D eigenvalue weighted by Crippen LogP contribution is -2.45. The van der Waals surface area contributed by atoms with Crippen LogP contribution in [0.2, 0.25) is 0 Å². The fourth-order valence-corrected chi connectivity index (χ4v) is 9.76. The molecule has 1 spiro atoms. The fourth-order valence-electron chi connectivity index (χ4n) is 6.07. The number of fused-ring (bicyclic) bond motifs is 4. The summed E-state index contributed by atoms with van der Waals surface area (Å²) in [6, 6.07) is 37.3. The van der Waals surface area contributed by atoms with Crippen LogP contribution in [0.5, 0.6) is 0 Å². The first kappa shape index (κ1) is 27.2. The Balaban J connectivity index is 0.922. The maximum atomic E-state index is 13.6. The van der Waals surface area contributed by atoms with Crippen molar-refractivity contribution in [3.8, 4) is 0 Å². The summed E-state index contributed by atoms with van der Waals surface area (Å²) in [5.74, 6) is 0. The highest BCUT2D eigenvalue weighted by molar-refractivity contribution is 7.53. The summed E-state index contributed by atoms with van der Waals surface area (Å²) < 4.78 is 50.7. The van der Waals surface area contributed by atoms with Crippen molar-refractivity contribution in [2.75, 3.05) is 26.4 Å². The molecule has 2 aliphatic rings. The van der Waals surface area contributed by atoms with Crippen LogP contribution in [0, 0.1) is 5.41 Å². The molecule has 0 amide bonds. The van der Waals surface area contributed by atoms with Gasteiger partial charge in [0, 0.05) is 0 Å². The molecule has 6 aromatic rings. The molecule has 6 nitrogen and oxygen atoms in total. The monoisotopic (exact) mass is 608 g/mol. The van der Waals surface area contributed by atoms with E-state index in [1.54, 1.807) is 0 Å². The molecule has 2 fully saturated rings. The van der Waals surface area contributed by atoms with E-state index >= 15 is 0 Å². The van der Waals surface area contributed by atoms with Gasteiger partial charge in [0.2, 0.25) is 0 Å². The summed E-state index contributed by atoms with van der Waals surface area (Å²) >= 11 is 0. The van der Waals surface area contributed by atoms with Crippen molar-refractivity contribution in [3.05, 3.63) is 120 Å². The van der Waals surface area contributed by atoms with Crippen LogP contribution in [0.25, 0.3) is 43.1 Å². The van der Waals surface area contributed by atoms with E-state index in [9.17, 15) is 9.13 Å². The van der Waals surface area contributed by atoms with Crippen LogP contribution in [0.3, 0.4) is 0 Å². The van der Waals surface area contributed by atoms with E-state index in [2.05, 4.69) is 60.7 Å². The van der Waals surface area contributed by atoms with Crippen molar-refractivity contribution in [1.82, 2.24) is 0 Å². The molecule has 2 heterocycles. The molecule has 0 atom stereocenters. The Morgan fingerprint density at radius 2 is 0.767 bits per heavy atom. The van der Waals surface area contributed by atoms with Gasteiger partial charge in [0.15, 0.2) is 0 Å². The first-order valence-electron chi connectivity index (χ1n) is 14.4. The highest BCUT2D eigenvalue weighted by atomic mass is 31.2. The minimum absolute atomic E-state index is 0.158. The van der Waals surface area contributed by atoms with E-state index in [1.807, 2.05) is 48.5 Å². The summed E-state index contributed by atoms with van der Waals surface area (Å²) in [6.07, 6.45) is 0.368. The van der Waals surface area contributed by atoms with Gasteiger partial charge in [-0.1, -0.05) is 84.9 Å². The third-order valence-corrected chi connectivity index (χ3v) is 12.2. The molecule has 8 heteroatoms. The third kappa shape index (κ3) is 5.34. The van der Waals surface area contributed by atoms with Crippen LogP contribution in [-0.4, -0.2) is 26.4 Å². The Hall–Kier alpha value is -3.34. The van der Waals surface area contributed by atoms with Crippen molar-refractivity contribution in [2.45, 2.75) is 12.3 Å². The van der Waals surface area contributed by atoms with Crippen LogP contribution in [0.1, 0.15) is 11.1 Å². The molecular formula is C35H30O6P2. The molecule has 0 aromatic heterocycles. The molecule has 0 radical (unpaired) electrons. The predicted octanol–water partition coefficient (Wildman–Crippen LogP) is 9.47. The Morgan fingerprint density at radius 3 is 1.14 bits per heavy atom. The second-order valence-corrected chi connectivity index (χ2v) is 16.0. The topological polar surface area (TPSA) is 71.1 Å². The summed E-state index contributed by atoms with van der Waals surface area (Å²) in [6.45, 7) is 0.633. The number of hydrogen-bond donors (Lipinski definition) is 0. The standard InChI is InChI=1S/C35H30O6P2/c36-42(19-25-9-11-31-15-27-5-1-3-7-29(27)17-33(31)13-25)38-21-35(22-39-42)23-40-43(37,41-24-35)20-26-10-12-32-16-28-6-2-4-8-30(28)18-34(32)14-26/h1-18H,19-24H2. The van der Waals surface area contributed by atoms with Gasteiger partial charge in [-0.3, -0.25) is 9.13 Å². The summed E-state index contributed by atoms with van der Waals surface area (Å²) in [5.41, 5.74) is 1.14. The first-order chi connectivity index (χ1) is 20.9. The highest BCUT2D eigenvalue weighted by Crippen LogP contribution is 2.61. The largest absolute Gasteiger partial charge is 0.335 e. The third-order valence-electron chi connectivity index (χ3n) is 8.56. The lowest BCUT2D eigenvalue weighted by molar-refractivity contribution is -0.0690. The average molecular weight is 609 g/mol. The van der Waals surface area contributed by atoms with Crippen LogP contribution in [0.15, 0.2) is 109 Å². The molecule has 0 unspecified atom stereocenters. The number of hydrogen-bond acceptors (Lipinski definition) is 6. The zero-order valence-electron chi connectivity index (χ0n) is 23.5. The smallest absolute Gasteiger partial charge is 0.307 e. The molecular weight excluding hydrogens is 578 g/mol. The minimum atomic E-state index is -3.36. The summed E-state index contributed by atoms with van der Waals surface area (Å²) in [5, 5.41) is 9.12. The summed E-state index contributed by atoms with van der Waals surface area (Å²) in [7, 11) is -6.72. The fraction of sp³-hybridized carbons (Fsp3) is 0.200. The SMILES string of the molecule is O=P1(Cc2ccc3cc4ccccc4cc3c2)OCC2(CO1)COP(=O)(Cc1ccc3cc4ccccc4cc3c1)OC2. The lowest BCUT2D eigenvalue weighted by atomic mass is 9.93. The van der Waals surface area contributed by atoms with Gasteiger partial charge in [-0.05, 0) is 78.5 Å². The van der Waals surface area contributed by atoms with Crippen LogP contribution >= 0.6 is 15.2 Å². The highest BCUT2D eigenvalue weighted by Gasteiger charge is 2.48. The van der Waals surface area contributed by atoms with Gasteiger partial charge in [0.1, 0.15) is 0 Å². The molecule has 0 N–H and O–H groups in total. The minimum Gasteiger partial charge on any atom is -0.307 e. The van der Waals surface area contributed by atoms with E-state index in [1.165, 1.54) is 10.8 Å². The second kappa shape index (κ2) is 10.4. The molecule has 0 bridgehead atoms. The van der Waals surface area contributed by atoms with E-state index < -0.39 is 20.6 Å².